The molecule has 4 heteroatoms. The fourth-order valence-electron chi connectivity index (χ4n) is 3.34. The van der Waals surface area contributed by atoms with E-state index in [9.17, 15) is 9.59 Å². The molecule has 2 N–H and O–H groups in total. The zero-order valence-corrected chi connectivity index (χ0v) is 11.1. The van der Waals surface area contributed by atoms with Crippen LogP contribution in [0.3, 0.4) is 0 Å². The maximum absolute atomic E-state index is 12.6. The van der Waals surface area contributed by atoms with Gasteiger partial charge in [0.2, 0.25) is 0 Å². The predicted octanol–water partition coefficient (Wildman–Crippen LogP) is 1.86. The van der Waals surface area contributed by atoms with Gasteiger partial charge in [-0.3, -0.25) is 14.5 Å². The molecule has 1 aromatic carbocycles. The number of hydrogen-bond donors (Lipinski definition) is 1. The van der Waals surface area contributed by atoms with Gasteiger partial charge in [-0.15, -0.1) is 0 Å². The van der Waals surface area contributed by atoms with Crippen molar-refractivity contribution >= 4 is 11.8 Å². The van der Waals surface area contributed by atoms with Crippen LogP contribution in [0.2, 0.25) is 0 Å². The van der Waals surface area contributed by atoms with E-state index in [0.717, 1.165) is 31.2 Å². The van der Waals surface area contributed by atoms with E-state index < -0.39 is 5.54 Å². The smallest absolute Gasteiger partial charge is 0.262 e. The van der Waals surface area contributed by atoms with E-state index in [4.69, 9.17) is 5.73 Å². The van der Waals surface area contributed by atoms with Gasteiger partial charge in [-0.05, 0) is 31.9 Å². The van der Waals surface area contributed by atoms with Gasteiger partial charge in [0, 0.05) is 6.54 Å². The number of benzene rings is 1. The highest BCUT2D eigenvalue weighted by Crippen LogP contribution is 2.39. The molecule has 0 saturated heterocycles. The lowest BCUT2D eigenvalue weighted by Gasteiger charge is -2.36. The summed E-state index contributed by atoms with van der Waals surface area (Å²) in [6.45, 7) is 2.28. The number of fused-ring (bicyclic) bond motifs is 1. The van der Waals surface area contributed by atoms with Crippen LogP contribution in [0.25, 0.3) is 0 Å². The summed E-state index contributed by atoms with van der Waals surface area (Å²) in [5.41, 5.74) is 7.49. The molecule has 1 aliphatic heterocycles. The van der Waals surface area contributed by atoms with Crippen molar-refractivity contribution in [2.45, 2.75) is 38.1 Å². The molecule has 2 amide bonds. The molecule has 0 aromatic heterocycles. The maximum Gasteiger partial charge on any atom is 0.262 e. The number of rotatable bonds is 2. The minimum absolute atomic E-state index is 0.170. The number of hydrogen-bond acceptors (Lipinski definition) is 3. The second-order valence-corrected chi connectivity index (χ2v) is 5.63. The third kappa shape index (κ3) is 1.63. The summed E-state index contributed by atoms with van der Waals surface area (Å²) < 4.78 is 0. The number of imide groups is 1. The Morgan fingerprint density at radius 2 is 1.79 bits per heavy atom. The molecule has 100 valence electrons. The molecule has 4 nitrogen and oxygen atoms in total. The summed E-state index contributed by atoms with van der Waals surface area (Å²) in [6, 6.07) is 5.43. The van der Waals surface area contributed by atoms with Gasteiger partial charge in [0.15, 0.2) is 0 Å². The molecular weight excluding hydrogens is 240 g/mol. The molecular formula is C15H18N2O2. The molecule has 0 unspecified atom stereocenters. The molecule has 2 aliphatic rings. The van der Waals surface area contributed by atoms with Crippen LogP contribution in [-0.2, 0) is 0 Å². The largest absolute Gasteiger partial charge is 0.328 e. The summed E-state index contributed by atoms with van der Waals surface area (Å²) in [4.78, 5) is 26.5. The first-order valence-electron chi connectivity index (χ1n) is 6.79. The number of aryl methyl sites for hydroxylation is 1. The first-order valence-corrected chi connectivity index (χ1v) is 6.79. The molecule has 19 heavy (non-hydrogen) atoms. The average Bonchev–Trinajstić information content (AvgIpc) is 2.96. The quantitative estimate of drug-likeness (QED) is 0.824. The second kappa shape index (κ2) is 4.17. The molecule has 0 spiro atoms. The van der Waals surface area contributed by atoms with Crippen molar-refractivity contribution in [2.24, 2.45) is 5.73 Å². The molecule has 1 aromatic rings. The standard InChI is InChI=1S/C15H18N2O2/c1-10-4-5-11-12(8-10)14(19)17(13(11)18)15(9-16)6-2-3-7-15/h4-5,8H,2-3,6-7,9,16H2,1H3. The Morgan fingerprint density at radius 3 is 2.42 bits per heavy atom. The van der Waals surface area contributed by atoms with E-state index in [1.54, 1.807) is 12.1 Å². The second-order valence-electron chi connectivity index (χ2n) is 5.63. The van der Waals surface area contributed by atoms with Crippen molar-refractivity contribution in [3.8, 4) is 0 Å². The van der Waals surface area contributed by atoms with Crippen molar-refractivity contribution in [3.05, 3.63) is 34.9 Å². The molecule has 1 saturated carbocycles. The highest BCUT2D eigenvalue weighted by molar-refractivity contribution is 6.22. The Balaban J connectivity index is 2.07. The lowest BCUT2D eigenvalue weighted by molar-refractivity contribution is 0.0443. The van der Waals surface area contributed by atoms with Crippen LogP contribution in [0, 0.1) is 6.92 Å². The Labute approximate surface area is 112 Å². The van der Waals surface area contributed by atoms with E-state index in [1.165, 1.54) is 4.90 Å². The van der Waals surface area contributed by atoms with Gasteiger partial charge in [-0.1, -0.05) is 24.5 Å². The van der Waals surface area contributed by atoms with Gasteiger partial charge in [-0.25, -0.2) is 0 Å². The lowest BCUT2D eigenvalue weighted by atomic mass is 9.95. The number of carbonyl (C=O) groups excluding carboxylic acids is 2. The Bertz CT molecular complexity index is 559. The van der Waals surface area contributed by atoms with Crippen LogP contribution >= 0.6 is 0 Å². The molecule has 3 rings (SSSR count). The normalized spacial score (nSPS) is 21.1. The van der Waals surface area contributed by atoms with Crippen LogP contribution in [-0.4, -0.2) is 28.8 Å². The minimum atomic E-state index is -0.457. The van der Waals surface area contributed by atoms with Crippen molar-refractivity contribution in [3.63, 3.8) is 0 Å². The highest BCUT2D eigenvalue weighted by atomic mass is 16.2. The zero-order chi connectivity index (χ0) is 13.6. The van der Waals surface area contributed by atoms with Crippen LogP contribution in [0.5, 0.6) is 0 Å². The average molecular weight is 258 g/mol. The van der Waals surface area contributed by atoms with Gasteiger partial charge in [-0.2, -0.15) is 0 Å². The summed E-state index contributed by atoms with van der Waals surface area (Å²) in [5.74, 6) is -0.344. The molecule has 0 radical (unpaired) electrons. The summed E-state index contributed by atoms with van der Waals surface area (Å²) in [5, 5.41) is 0. The first kappa shape index (κ1) is 12.4. The fraction of sp³-hybridized carbons (Fsp3) is 0.467. The monoisotopic (exact) mass is 258 g/mol. The topological polar surface area (TPSA) is 63.4 Å². The predicted molar refractivity (Wildman–Crippen MR) is 71.9 cm³/mol. The number of nitrogens with two attached hydrogens (primary N) is 1. The van der Waals surface area contributed by atoms with E-state index in [1.807, 2.05) is 13.0 Å². The Morgan fingerprint density at radius 1 is 1.16 bits per heavy atom. The molecule has 1 fully saturated rings. The van der Waals surface area contributed by atoms with Gasteiger partial charge < -0.3 is 5.73 Å². The lowest BCUT2D eigenvalue weighted by Crippen LogP contribution is -2.54. The number of amides is 2. The summed E-state index contributed by atoms with van der Waals surface area (Å²) in [7, 11) is 0. The van der Waals surface area contributed by atoms with Crippen LogP contribution in [0.4, 0.5) is 0 Å². The van der Waals surface area contributed by atoms with Crippen molar-refractivity contribution in [2.75, 3.05) is 6.54 Å². The molecule has 0 bridgehead atoms. The Hall–Kier alpha value is -1.68. The number of carbonyl (C=O) groups is 2. The summed E-state index contributed by atoms with van der Waals surface area (Å²) >= 11 is 0. The third-order valence-electron chi connectivity index (χ3n) is 4.43. The van der Waals surface area contributed by atoms with Crippen LogP contribution < -0.4 is 5.73 Å². The van der Waals surface area contributed by atoms with Gasteiger partial charge in [0.1, 0.15) is 0 Å². The van der Waals surface area contributed by atoms with Crippen molar-refractivity contribution < 1.29 is 9.59 Å². The first-order chi connectivity index (χ1) is 9.09. The molecule has 1 aliphatic carbocycles. The summed E-state index contributed by atoms with van der Waals surface area (Å²) in [6.07, 6.45) is 3.72. The molecule has 1 heterocycles. The minimum Gasteiger partial charge on any atom is -0.328 e. The fourth-order valence-corrected chi connectivity index (χ4v) is 3.34. The van der Waals surface area contributed by atoms with Gasteiger partial charge in [0.25, 0.3) is 11.8 Å². The van der Waals surface area contributed by atoms with Gasteiger partial charge in [0.05, 0.1) is 16.7 Å². The maximum atomic E-state index is 12.6. The Kier molecular flexibility index (Phi) is 2.71. The third-order valence-corrected chi connectivity index (χ3v) is 4.43. The SMILES string of the molecule is Cc1ccc2c(c1)C(=O)N(C1(CN)CCCC1)C2=O. The highest BCUT2D eigenvalue weighted by Gasteiger charge is 2.49. The van der Waals surface area contributed by atoms with Crippen LogP contribution in [0.15, 0.2) is 18.2 Å². The van der Waals surface area contributed by atoms with E-state index >= 15 is 0 Å². The van der Waals surface area contributed by atoms with E-state index in [-0.39, 0.29) is 11.8 Å². The van der Waals surface area contributed by atoms with Crippen molar-refractivity contribution in [1.82, 2.24) is 4.90 Å². The van der Waals surface area contributed by atoms with Crippen LogP contribution in [0.1, 0.15) is 52.0 Å². The zero-order valence-electron chi connectivity index (χ0n) is 11.1. The molecule has 0 atom stereocenters. The van der Waals surface area contributed by atoms with E-state index in [2.05, 4.69) is 0 Å². The van der Waals surface area contributed by atoms with E-state index in [0.29, 0.717) is 17.7 Å². The number of nitrogens with zero attached hydrogens (tertiary/aromatic N) is 1. The van der Waals surface area contributed by atoms with Gasteiger partial charge >= 0.3 is 0 Å². The van der Waals surface area contributed by atoms with Crippen molar-refractivity contribution in [1.29, 1.82) is 0 Å².